The highest BCUT2D eigenvalue weighted by Gasteiger charge is 2.23. The predicted molar refractivity (Wildman–Crippen MR) is 123 cm³/mol. The largest absolute Gasteiger partial charge is 0.459 e. The highest BCUT2D eigenvalue weighted by molar-refractivity contribution is 5.95. The van der Waals surface area contributed by atoms with Crippen LogP contribution in [0, 0.1) is 6.92 Å². The van der Waals surface area contributed by atoms with Gasteiger partial charge in [0.2, 0.25) is 0 Å². The first-order chi connectivity index (χ1) is 15.6. The quantitative estimate of drug-likeness (QED) is 0.467. The maximum atomic E-state index is 12.7. The molecule has 7 heteroatoms. The smallest absolute Gasteiger partial charge is 0.339 e. The zero-order chi connectivity index (χ0) is 22.1. The van der Waals surface area contributed by atoms with E-state index in [1.54, 1.807) is 12.5 Å². The zero-order valence-corrected chi connectivity index (χ0v) is 17.9. The number of nitrogens with zero attached hydrogens (tertiary/aromatic N) is 3. The molecule has 0 amide bonds. The van der Waals surface area contributed by atoms with Gasteiger partial charge in [0.05, 0.1) is 34.5 Å². The number of aromatic amines is 1. The van der Waals surface area contributed by atoms with Crippen LogP contribution in [0.4, 0.5) is 0 Å². The third-order valence-corrected chi connectivity index (χ3v) is 5.91. The predicted octanol–water partition coefficient (Wildman–Crippen LogP) is 4.42. The molecule has 5 rings (SSSR count). The molecule has 0 unspecified atom stereocenters. The molecule has 32 heavy (non-hydrogen) atoms. The number of H-pyrrole nitrogens is 1. The third-order valence-electron chi connectivity index (χ3n) is 5.91. The Morgan fingerprint density at radius 2 is 2.06 bits per heavy atom. The molecule has 0 bridgehead atoms. The number of nitrogens with two attached hydrogens (primary N) is 1. The van der Waals surface area contributed by atoms with Crippen molar-refractivity contribution in [2.24, 2.45) is 5.73 Å². The summed E-state index contributed by atoms with van der Waals surface area (Å²) in [6.45, 7) is 1.96. The van der Waals surface area contributed by atoms with Crippen molar-refractivity contribution in [2.45, 2.75) is 44.8 Å². The van der Waals surface area contributed by atoms with E-state index < -0.39 is 0 Å². The summed E-state index contributed by atoms with van der Waals surface area (Å²) in [5.74, 6) is -0.353. The first-order valence-corrected chi connectivity index (χ1v) is 10.9. The lowest BCUT2D eigenvalue weighted by Crippen LogP contribution is -2.33. The molecule has 162 valence electrons. The number of aromatic nitrogens is 4. The molecular formula is C25H25N5O2. The SMILES string of the molecule is Cc1cccc(-c2[nH]cnc2-c2ccc3ncc(C(=O)O[C@H]4CCC[C@H](N)C4)cc3c2)n1. The van der Waals surface area contributed by atoms with Gasteiger partial charge in [-0.25, -0.2) is 9.78 Å². The van der Waals surface area contributed by atoms with Crippen LogP contribution in [0.2, 0.25) is 0 Å². The van der Waals surface area contributed by atoms with E-state index in [4.69, 9.17) is 10.5 Å². The summed E-state index contributed by atoms with van der Waals surface area (Å²) in [6, 6.07) is 13.7. The number of carbonyl (C=O) groups excluding carboxylic acids is 1. The molecule has 0 saturated heterocycles. The Morgan fingerprint density at radius 3 is 2.91 bits per heavy atom. The summed E-state index contributed by atoms with van der Waals surface area (Å²) in [7, 11) is 0. The van der Waals surface area contributed by atoms with E-state index in [9.17, 15) is 4.79 Å². The van der Waals surface area contributed by atoms with Crippen molar-refractivity contribution in [2.75, 3.05) is 0 Å². The molecule has 3 heterocycles. The lowest BCUT2D eigenvalue weighted by atomic mass is 9.93. The highest BCUT2D eigenvalue weighted by atomic mass is 16.5. The van der Waals surface area contributed by atoms with Gasteiger partial charge in [0.15, 0.2) is 0 Å². The number of hydrogen-bond donors (Lipinski definition) is 2. The van der Waals surface area contributed by atoms with Gasteiger partial charge in [-0.2, -0.15) is 0 Å². The van der Waals surface area contributed by atoms with Crippen LogP contribution >= 0.6 is 0 Å². The second-order valence-corrected chi connectivity index (χ2v) is 8.38. The normalized spacial score (nSPS) is 18.6. The van der Waals surface area contributed by atoms with E-state index in [-0.39, 0.29) is 18.1 Å². The number of ether oxygens (including phenoxy) is 1. The second kappa shape index (κ2) is 8.51. The number of aryl methyl sites for hydroxylation is 1. The number of nitrogens with one attached hydrogen (secondary N) is 1. The van der Waals surface area contributed by atoms with E-state index in [0.29, 0.717) is 12.0 Å². The minimum absolute atomic E-state index is 0.102. The molecule has 1 aromatic carbocycles. The van der Waals surface area contributed by atoms with Gasteiger partial charge in [-0.15, -0.1) is 0 Å². The third kappa shape index (κ3) is 4.11. The average molecular weight is 428 g/mol. The molecule has 2 atom stereocenters. The van der Waals surface area contributed by atoms with Crippen molar-refractivity contribution in [3.63, 3.8) is 0 Å². The van der Waals surface area contributed by atoms with Gasteiger partial charge in [-0.3, -0.25) is 9.97 Å². The number of fused-ring (bicyclic) bond motifs is 1. The lowest BCUT2D eigenvalue weighted by molar-refractivity contribution is 0.0191. The number of rotatable bonds is 4. The fourth-order valence-corrected chi connectivity index (χ4v) is 4.29. The van der Waals surface area contributed by atoms with E-state index >= 15 is 0 Å². The summed E-state index contributed by atoms with van der Waals surface area (Å²) in [4.78, 5) is 29.5. The molecule has 0 spiro atoms. The summed E-state index contributed by atoms with van der Waals surface area (Å²) in [5.41, 5.74) is 11.6. The van der Waals surface area contributed by atoms with Gasteiger partial charge in [0.25, 0.3) is 0 Å². The Bertz CT molecular complexity index is 1280. The Balaban J connectivity index is 1.45. The first-order valence-electron chi connectivity index (χ1n) is 10.9. The van der Waals surface area contributed by atoms with Crippen molar-refractivity contribution >= 4 is 16.9 Å². The van der Waals surface area contributed by atoms with E-state index in [0.717, 1.165) is 58.5 Å². The number of benzene rings is 1. The maximum absolute atomic E-state index is 12.7. The lowest BCUT2D eigenvalue weighted by Gasteiger charge is -2.26. The summed E-state index contributed by atoms with van der Waals surface area (Å²) in [5, 5.41) is 0.850. The molecular weight excluding hydrogens is 402 g/mol. The van der Waals surface area contributed by atoms with Crippen molar-refractivity contribution in [1.29, 1.82) is 0 Å². The topological polar surface area (TPSA) is 107 Å². The Hall–Kier alpha value is -3.58. The van der Waals surface area contributed by atoms with Crippen LogP contribution in [0.25, 0.3) is 33.5 Å². The molecule has 0 radical (unpaired) electrons. The number of pyridine rings is 2. The highest BCUT2D eigenvalue weighted by Crippen LogP contribution is 2.30. The number of hydrogen-bond acceptors (Lipinski definition) is 6. The molecule has 1 aliphatic carbocycles. The zero-order valence-electron chi connectivity index (χ0n) is 17.9. The van der Waals surface area contributed by atoms with Gasteiger partial charge >= 0.3 is 5.97 Å². The van der Waals surface area contributed by atoms with Gasteiger partial charge in [-0.05, 0) is 62.9 Å². The summed E-state index contributed by atoms with van der Waals surface area (Å²) >= 11 is 0. The molecule has 0 aliphatic heterocycles. The Kier molecular flexibility index (Phi) is 5.41. The van der Waals surface area contributed by atoms with Crippen LogP contribution in [-0.4, -0.2) is 38.1 Å². The average Bonchev–Trinajstić information content (AvgIpc) is 3.28. The molecule has 4 aromatic rings. The monoisotopic (exact) mass is 427 g/mol. The van der Waals surface area contributed by atoms with Gasteiger partial charge in [0.1, 0.15) is 6.10 Å². The molecule has 1 aliphatic rings. The van der Waals surface area contributed by atoms with Crippen molar-refractivity contribution < 1.29 is 9.53 Å². The fraction of sp³-hybridized carbons (Fsp3) is 0.280. The molecule has 3 N–H and O–H groups in total. The Morgan fingerprint density at radius 1 is 1.16 bits per heavy atom. The number of esters is 1. The van der Waals surface area contributed by atoms with Crippen LogP contribution < -0.4 is 5.73 Å². The summed E-state index contributed by atoms with van der Waals surface area (Å²) < 4.78 is 5.70. The fourth-order valence-electron chi connectivity index (χ4n) is 4.29. The van der Waals surface area contributed by atoms with E-state index in [1.165, 1.54) is 0 Å². The van der Waals surface area contributed by atoms with Crippen LogP contribution in [0.3, 0.4) is 0 Å². The molecule has 7 nitrogen and oxygen atoms in total. The summed E-state index contributed by atoms with van der Waals surface area (Å²) in [6.07, 6.45) is 6.67. The van der Waals surface area contributed by atoms with Crippen molar-refractivity contribution in [3.05, 3.63) is 66.2 Å². The van der Waals surface area contributed by atoms with Crippen LogP contribution in [0.15, 0.2) is 55.0 Å². The van der Waals surface area contributed by atoms with E-state index in [2.05, 4.69) is 19.9 Å². The minimum Gasteiger partial charge on any atom is -0.459 e. The minimum atomic E-state index is -0.353. The molecule has 1 saturated carbocycles. The van der Waals surface area contributed by atoms with Gasteiger partial charge in [-0.1, -0.05) is 12.1 Å². The number of carbonyl (C=O) groups is 1. The van der Waals surface area contributed by atoms with Gasteiger partial charge in [0, 0.05) is 28.9 Å². The molecule has 1 fully saturated rings. The second-order valence-electron chi connectivity index (χ2n) is 8.38. The first kappa shape index (κ1) is 20.3. The van der Waals surface area contributed by atoms with Crippen molar-refractivity contribution in [3.8, 4) is 22.6 Å². The molecule has 3 aromatic heterocycles. The van der Waals surface area contributed by atoms with Crippen LogP contribution in [0.5, 0.6) is 0 Å². The van der Waals surface area contributed by atoms with E-state index in [1.807, 2.05) is 49.4 Å². The maximum Gasteiger partial charge on any atom is 0.339 e. The Labute approximate surface area is 186 Å². The number of imidazole rings is 1. The van der Waals surface area contributed by atoms with Crippen molar-refractivity contribution in [1.82, 2.24) is 19.9 Å². The van der Waals surface area contributed by atoms with Gasteiger partial charge < -0.3 is 15.5 Å². The van der Waals surface area contributed by atoms with Crippen LogP contribution in [-0.2, 0) is 4.74 Å². The standard InChI is InChI=1S/C25H25N5O2/c1-15-4-2-7-22(30-15)24-23(28-14-29-24)16-8-9-21-17(10-16)11-18(13-27-21)25(31)32-20-6-3-5-19(26)12-20/h2,4,7-11,13-14,19-20H,3,5-6,12,26H2,1H3,(H,28,29)/t19-,20-/m0/s1. The van der Waals surface area contributed by atoms with Crippen LogP contribution in [0.1, 0.15) is 41.7 Å².